The number of rotatable bonds is 1. The Morgan fingerprint density at radius 2 is 2.38 bits per heavy atom. The number of aromatic nitrogens is 1. The summed E-state index contributed by atoms with van der Waals surface area (Å²) < 4.78 is 0.855. The van der Waals surface area contributed by atoms with Gasteiger partial charge in [0.25, 0.3) is 0 Å². The first-order valence-electron chi connectivity index (χ1n) is 5.26. The van der Waals surface area contributed by atoms with Crippen molar-refractivity contribution in [1.82, 2.24) is 4.98 Å². The number of halogens is 1. The first-order chi connectivity index (χ1) is 7.55. The fraction of sp³-hybridized carbons (Fsp3) is 0.455. The number of fused-ring (bicyclic) bond motifs is 1. The zero-order valence-electron chi connectivity index (χ0n) is 9.30. The van der Waals surface area contributed by atoms with E-state index in [4.69, 9.17) is 0 Å². The SMILES string of the molecule is CCC1(C)CNc2ncc(Br)cc2NC1=O. The van der Waals surface area contributed by atoms with Gasteiger partial charge in [-0.25, -0.2) is 4.98 Å². The van der Waals surface area contributed by atoms with Crippen LogP contribution in [-0.4, -0.2) is 17.4 Å². The van der Waals surface area contributed by atoms with Gasteiger partial charge in [0.05, 0.1) is 11.1 Å². The summed E-state index contributed by atoms with van der Waals surface area (Å²) in [4.78, 5) is 16.3. The van der Waals surface area contributed by atoms with Crippen molar-refractivity contribution in [3.8, 4) is 0 Å². The third kappa shape index (κ3) is 1.91. The van der Waals surface area contributed by atoms with Crippen LogP contribution in [0.15, 0.2) is 16.7 Å². The van der Waals surface area contributed by atoms with Crippen LogP contribution in [0.1, 0.15) is 20.3 Å². The molecule has 4 nitrogen and oxygen atoms in total. The second kappa shape index (κ2) is 4.05. The molecule has 1 aliphatic rings. The summed E-state index contributed by atoms with van der Waals surface area (Å²) in [6, 6.07) is 1.86. The maximum Gasteiger partial charge on any atom is 0.232 e. The zero-order valence-corrected chi connectivity index (χ0v) is 10.9. The smallest absolute Gasteiger partial charge is 0.232 e. The van der Waals surface area contributed by atoms with Crippen molar-refractivity contribution in [3.05, 3.63) is 16.7 Å². The third-order valence-corrected chi connectivity index (χ3v) is 3.51. The molecule has 0 aromatic carbocycles. The molecule has 0 bridgehead atoms. The third-order valence-electron chi connectivity index (χ3n) is 3.08. The van der Waals surface area contributed by atoms with Crippen LogP contribution in [0.3, 0.4) is 0 Å². The lowest BCUT2D eigenvalue weighted by Gasteiger charge is -2.23. The van der Waals surface area contributed by atoms with Crippen LogP contribution in [0.2, 0.25) is 0 Å². The van der Waals surface area contributed by atoms with Crippen molar-refractivity contribution < 1.29 is 4.79 Å². The zero-order chi connectivity index (χ0) is 11.8. The first-order valence-corrected chi connectivity index (χ1v) is 6.05. The first kappa shape index (κ1) is 11.4. The molecule has 0 saturated heterocycles. The van der Waals surface area contributed by atoms with E-state index in [1.807, 2.05) is 19.9 Å². The number of carbonyl (C=O) groups is 1. The average Bonchev–Trinajstić information content (AvgIpc) is 2.38. The second-order valence-corrected chi connectivity index (χ2v) is 5.19. The molecular weight excluding hydrogens is 270 g/mol. The molecule has 2 N–H and O–H groups in total. The summed E-state index contributed by atoms with van der Waals surface area (Å²) in [5.74, 6) is 0.773. The Kier molecular flexibility index (Phi) is 2.88. The Balaban J connectivity index is 2.37. The van der Waals surface area contributed by atoms with E-state index in [2.05, 4.69) is 31.5 Å². The highest BCUT2D eigenvalue weighted by atomic mass is 79.9. The van der Waals surface area contributed by atoms with Gasteiger partial charge in [-0.1, -0.05) is 6.92 Å². The van der Waals surface area contributed by atoms with Gasteiger partial charge in [0, 0.05) is 17.2 Å². The molecule has 0 aliphatic carbocycles. The highest BCUT2D eigenvalue weighted by Crippen LogP contribution is 2.32. The van der Waals surface area contributed by atoms with Crippen molar-refractivity contribution in [2.24, 2.45) is 5.41 Å². The van der Waals surface area contributed by atoms with Gasteiger partial charge < -0.3 is 10.6 Å². The number of hydrogen-bond acceptors (Lipinski definition) is 3. The van der Waals surface area contributed by atoms with E-state index < -0.39 is 0 Å². The highest BCUT2D eigenvalue weighted by Gasteiger charge is 2.34. The van der Waals surface area contributed by atoms with Crippen molar-refractivity contribution in [1.29, 1.82) is 0 Å². The average molecular weight is 284 g/mol. The molecule has 0 radical (unpaired) electrons. The molecule has 1 amide bonds. The molecule has 5 heteroatoms. The van der Waals surface area contributed by atoms with Crippen LogP contribution >= 0.6 is 15.9 Å². The van der Waals surface area contributed by atoms with Gasteiger partial charge >= 0.3 is 0 Å². The minimum atomic E-state index is -0.382. The number of anilines is 2. The lowest BCUT2D eigenvalue weighted by Crippen LogP contribution is -2.36. The van der Waals surface area contributed by atoms with Gasteiger partial charge in [0.2, 0.25) is 5.91 Å². The van der Waals surface area contributed by atoms with Crippen LogP contribution in [0.25, 0.3) is 0 Å². The second-order valence-electron chi connectivity index (χ2n) is 4.27. The summed E-state index contributed by atoms with van der Waals surface area (Å²) in [5.41, 5.74) is 0.351. The van der Waals surface area contributed by atoms with E-state index in [1.165, 1.54) is 0 Å². The van der Waals surface area contributed by atoms with E-state index in [0.717, 1.165) is 22.4 Å². The topological polar surface area (TPSA) is 54.0 Å². The summed E-state index contributed by atoms with van der Waals surface area (Å²) in [7, 11) is 0. The predicted molar refractivity (Wildman–Crippen MR) is 67.5 cm³/mol. The molecule has 0 saturated carbocycles. The molecule has 86 valence electrons. The molecular formula is C11H14BrN3O. The number of pyridine rings is 1. The van der Waals surface area contributed by atoms with Gasteiger partial charge in [-0.15, -0.1) is 0 Å². The number of carbonyl (C=O) groups excluding carboxylic acids is 1. The van der Waals surface area contributed by atoms with Crippen LogP contribution in [-0.2, 0) is 4.79 Å². The Bertz CT molecular complexity index is 435. The van der Waals surface area contributed by atoms with Crippen molar-refractivity contribution in [2.45, 2.75) is 20.3 Å². The fourth-order valence-corrected chi connectivity index (χ4v) is 1.92. The monoisotopic (exact) mass is 283 g/mol. The van der Waals surface area contributed by atoms with E-state index >= 15 is 0 Å². The molecule has 1 unspecified atom stereocenters. The van der Waals surface area contributed by atoms with Crippen molar-refractivity contribution in [3.63, 3.8) is 0 Å². The molecule has 2 rings (SSSR count). The maximum absolute atomic E-state index is 12.0. The molecule has 16 heavy (non-hydrogen) atoms. The fourth-order valence-electron chi connectivity index (χ4n) is 1.59. The van der Waals surface area contributed by atoms with E-state index in [-0.39, 0.29) is 11.3 Å². The van der Waals surface area contributed by atoms with E-state index in [9.17, 15) is 4.79 Å². The van der Waals surface area contributed by atoms with Crippen LogP contribution in [0, 0.1) is 5.41 Å². The minimum Gasteiger partial charge on any atom is -0.367 e. The van der Waals surface area contributed by atoms with Gasteiger partial charge in [0.1, 0.15) is 5.82 Å². The lowest BCUT2D eigenvalue weighted by atomic mass is 9.87. The normalized spacial score (nSPS) is 24.1. The Morgan fingerprint density at radius 3 is 3.06 bits per heavy atom. The molecule has 0 fully saturated rings. The van der Waals surface area contributed by atoms with Gasteiger partial charge in [-0.05, 0) is 35.3 Å². The summed E-state index contributed by atoms with van der Waals surface area (Å²) in [6.45, 7) is 4.58. The highest BCUT2D eigenvalue weighted by molar-refractivity contribution is 9.10. The van der Waals surface area contributed by atoms with Crippen LogP contribution < -0.4 is 10.6 Å². The molecule has 1 aromatic heterocycles. The van der Waals surface area contributed by atoms with Gasteiger partial charge in [-0.2, -0.15) is 0 Å². The van der Waals surface area contributed by atoms with Crippen LogP contribution in [0.4, 0.5) is 11.5 Å². The summed E-state index contributed by atoms with van der Waals surface area (Å²) >= 11 is 3.34. The molecule has 1 aliphatic heterocycles. The van der Waals surface area contributed by atoms with E-state index in [0.29, 0.717) is 6.54 Å². The van der Waals surface area contributed by atoms with E-state index in [1.54, 1.807) is 6.20 Å². The standard InChI is InChI=1S/C11H14BrN3O/c1-3-11(2)6-14-9-8(15-10(11)16)4-7(12)5-13-9/h4-5H,3,6H2,1-2H3,(H,13,14)(H,15,16). The number of nitrogens with zero attached hydrogens (tertiary/aromatic N) is 1. The summed E-state index contributed by atoms with van der Waals surface area (Å²) in [5, 5.41) is 6.12. The Labute approximate surface area is 103 Å². The van der Waals surface area contributed by atoms with Crippen molar-refractivity contribution in [2.75, 3.05) is 17.2 Å². The number of hydrogen-bond donors (Lipinski definition) is 2. The number of nitrogens with one attached hydrogen (secondary N) is 2. The Morgan fingerprint density at radius 1 is 1.62 bits per heavy atom. The van der Waals surface area contributed by atoms with Crippen molar-refractivity contribution >= 4 is 33.3 Å². The van der Waals surface area contributed by atoms with Crippen LogP contribution in [0.5, 0.6) is 0 Å². The molecule has 1 aromatic rings. The lowest BCUT2D eigenvalue weighted by molar-refractivity contribution is -0.124. The quantitative estimate of drug-likeness (QED) is 0.833. The minimum absolute atomic E-state index is 0.0427. The Hall–Kier alpha value is -1.10. The molecule has 1 atom stereocenters. The van der Waals surface area contributed by atoms with Gasteiger partial charge in [0.15, 0.2) is 0 Å². The number of amides is 1. The maximum atomic E-state index is 12.0. The molecule has 2 heterocycles. The molecule has 0 spiro atoms. The largest absolute Gasteiger partial charge is 0.367 e. The predicted octanol–water partition coefficient (Wildman–Crippen LogP) is 2.62. The summed E-state index contributed by atoms with van der Waals surface area (Å²) in [6.07, 6.45) is 2.51. The van der Waals surface area contributed by atoms with Gasteiger partial charge in [-0.3, -0.25) is 4.79 Å².